The van der Waals surface area contributed by atoms with Gasteiger partial charge in [-0.15, -0.1) is 0 Å². The Kier molecular flexibility index (Phi) is 3.98. The van der Waals surface area contributed by atoms with E-state index in [1.165, 1.54) is 0 Å². The molecular weight excluding hydrogens is 229 g/mol. The van der Waals surface area contributed by atoms with Gasteiger partial charge in [-0.2, -0.15) is 13.2 Å². The highest BCUT2D eigenvalue weighted by Gasteiger charge is 2.39. The third-order valence-electron chi connectivity index (χ3n) is 4.03. The molecule has 0 radical (unpaired) electrons. The highest BCUT2D eigenvalue weighted by atomic mass is 19.4. The average molecular weight is 250 g/mol. The fourth-order valence-electron chi connectivity index (χ4n) is 3.16. The van der Waals surface area contributed by atoms with E-state index in [-0.39, 0.29) is 6.42 Å². The van der Waals surface area contributed by atoms with Crippen LogP contribution < -0.4 is 0 Å². The lowest BCUT2D eigenvalue weighted by molar-refractivity contribution is -0.136. The average Bonchev–Trinajstić information content (AvgIpc) is 2.49. The Hall–Kier alpha value is -0.290. The Balaban J connectivity index is 1.79. The molecule has 2 aliphatic rings. The van der Waals surface area contributed by atoms with Crippen LogP contribution in [0.3, 0.4) is 0 Å². The van der Waals surface area contributed by atoms with E-state index in [1.54, 1.807) is 0 Å². The second-order valence-electron chi connectivity index (χ2n) is 5.19. The second kappa shape index (κ2) is 5.14. The summed E-state index contributed by atoms with van der Waals surface area (Å²) >= 11 is 0. The van der Waals surface area contributed by atoms with E-state index >= 15 is 0 Å². The normalized spacial score (nSPS) is 31.1. The molecule has 0 amide bonds. The molecule has 2 atom stereocenters. The van der Waals surface area contributed by atoms with Gasteiger partial charge < -0.3 is 4.90 Å². The van der Waals surface area contributed by atoms with Gasteiger partial charge >= 0.3 is 6.18 Å². The summed E-state index contributed by atoms with van der Waals surface area (Å²) in [5.74, 6) is 0. The van der Waals surface area contributed by atoms with Gasteiger partial charge in [-0.1, -0.05) is 6.92 Å². The first-order chi connectivity index (χ1) is 7.99. The molecule has 2 bridgehead atoms. The summed E-state index contributed by atoms with van der Waals surface area (Å²) in [7, 11) is 0. The largest absolute Gasteiger partial charge is 0.389 e. The number of alkyl halides is 3. The van der Waals surface area contributed by atoms with Crippen molar-refractivity contribution < 1.29 is 13.2 Å². The molecule has 0 aromatic heterocycles. The molecule has 2 unspecified atom stereocenters. The summed E-state index contributed by atoms with van der Waals surface area (Å²) < 4.78 is 36.3. The number of likely N-dealkylation sites (N-methyl/N-ethyl adjacent to an activating group) is 1. The number of piperazine rings is 1. The van der Waals surface area contributed by atoms with E-state index in [0.29, 0.717) is 18.6 Å². The maximum Gasteiger partial charge on any atom is 0.389 e. The first kappa shape index (κ1) is 13.1. The lowest BCUT2D eigenvalue weighted by Crippen LogP contribution is -2.53. The van der Waals surface area contributed by atoms with Gasteiger partial charge in [-0.25, -0.2) is 0 Å². The molecule has 2 heterocycles. The minimum absolute atomic E-state index is 0.253. The highest BCUT2D eigenvalue weighted by Crippen LogP contribution is 2.31. The van der Waals surface area contributed by atoms with Gasteiger partial charge in [0, 0.05) is 31.6 Å². The van der Waals surface area contributed by atoms with E-state index in [4.69, 9.17) is 0 Å². The maximum absolute atomic E-state index is 12.1. The third kappa shape index (κ3) is 3.35. The van der Waals surface area contributed by atoms with Gasteiger partial charge in [0.05, 0.1) is 0 Å². The number of rotatable bonds is 4. The van der Waals surface area contributed by atoms with Crippen molar-refractivity contribution in [1.29, 1.82) is 0 Å². The molecule has 2 fully saturated rings. The van der Waals surface area contributed by atoms with E-state index in [2.05, 4.69) is 16.7 Å². The van der Waals surface area contributed by atoms with Crippen molar-refractivity contribution in [1.82, 2.24) is 9.80 Å². The van der Waals surface area contributed by atoms with Crippen molar-refractivity contribution >= 4 is 0 Å². The van der Waals surface area contributed by atoms with Crippen molar-refractivity contribution in [2.45, 2.75) is 50.9 Å². The summed E-state index contributed by atoms with van der Waals surface area (Å²) in [5.41, 5.74) is 0. The van der Waals surface area contributed by atoms with Crippen LogP contribution in [-0.4, -0.2) is 54.2 Å². The minimum Gasteiger partial charge on any atom is -0.301 e. The number of hydrogen-bond acceptors (Lipinski definition) is 2. The molecule has 0 N–H and O–H groups in total. The van der Waals surface area contributed by atoms with E-state index in [0.717, 1.165) is 32.5 Å². The summed E-state index contributed by atoms with van der Waals surface area (Å²) in [6.45, 7) is 5.91. The first-order valence-electron chi connectivity index (χ1n) is 6.54. The SMILES string of the molecule is CCN1CC2CCC(C1)N2CCCC(F)(F)F. The molecule has 5 heteroatoms. The van der Waals surface area contributed by atoms with Gasteiger partial charge in [0.25, 0.3) is 0 Å². The zero-order chi connectivity index (χ0) is 12.5. The Bertz CT molecular complexity index is 241. The van der Waals surface area contributed by atoms with Gasteiger partial charge in [-0.05, 0) is 32.4 Å². The van der Waals surface area contributed by atoms with Crippen LogP contribution in [0.2, 0.25) is 0 Å². The third-order valence-corrected chi connectivity index (χ3v) is 4.03. The van der Waals surface area contributed by atoms with Crippen LogP contribution in [0.15, 0.2) is 0 Å². The molecule has 2 rings (SSSR count). The van der Waals surface area contributed by atoms with Gasteiger partial charge in [0.2, 0.25) is 0 Å². The Morgan fingerprint density at radius 2 is 1.71 bits per heavy atom. The zero-order valence-electron chi connectivity index (χ0n) is 10.3. The van der Waals surface area contributed by atoms with Crippen molar-refractivity contribution in [3.05, 3.63) is 0 Å². The number of nitrogens with zero attached hydrogens (tertiary/aromatic N) is 2. The van der Waals surface area contributed by atoms with Crippen LogP contribution >= 0.6 is 0 Å². The smallest absolute Gasteiger partial charge is 0.301 e. The number of fused-ring (bicyclic) bond motifs is 2. The van der Waals surface area contributed by atoms with Crippen molar-refractivity contribution in [2.75, 3.05) is 26.2 Å². The molecule has 0 saturated carbocycles. The molecule has 0 aromatic rings. The lowest BCUT2D eigenvalue weighted by Gasteiger charge is -2.40. The van der Waals surface area contributed by atoms with Crippen LogP contribution in [0.25, 0.3) is 0 Å². The fourth-order valence-corrected chi connectivity index (χ4v) is 3.16. The number of likely N-dealkylation sites (tertiary alicyclic amines) is 1. The summed E-state index contributed by atoms with van der Waals surface area (Å²) in [6, 6.07) is 1.00. The fraction of sp³-hybridized carbons (Fsp3) is 1.00. The predicted molar refractivity (Wildman–Crippen MR) is 60.9 cm³/mol. The van der Waals surface area contributed by atoms with E-state index in [9.17, 15) is 13.2 Å². The van der Waals surface area contributed by atoms with E-state index < -0.39 is 12.6 Å². The molecule has 0 aromatic carbocycles. The zero-order valence-corrected chi connectivity index (χ0v) is 10.3. The Morgan fingerprint density at radius 3 is 2.18 bits per heavy atom. The quantitative estimate of drug-likeness (QED) is 0.756. The topological polar surface area (TPSA) is 6.48 Å². The molecule has 2 saturated heterocycles. The predicted octanol–water partition coefficient (Wildman–Crippen LogP) is 2.50. The molecule has 0 aliphatic carbocycles. The van der Waals surface area contributed by atoms with Gasteiger partial charge in [0.1, 0.15) is 0 Å². The van der Waals surface area contributed by atoms with Crippen molar-refractivity contribution in [2.24, 2.45) is 0 Å². The Labute approximate surface area is 101 Å². The van der Waals surface area contributed by atoms with E-state index in [1.807, 2.05) is 0 Å². The van der Waals surface area contributed by atoms with Crippen LogP contribution in [0.5, 0.6) is 0 Å². The molecular formula is C12H21F3N2. The monoisotopic (exact) mass is 250 g/mol. The lowest BCUT2D eigenvalue weighted by atomic mass is 10.1. The van der Waals surface area contributed by atoms with Crippen molar-refractivity contribution in [3.63, 3.8) is 0 Å². The Morgan fingerprint density at radius 1 is 1.12 bits per heavy atom. The maximum atomic E-state index is 12.1. The minimum atomic E-state index is -4.00. The van der Waals surface area contributed by atoms with Crippen LogP contribution in [-0.2, 0) is 0 Å². The van der Waals surface area contributed by atoms with Crippen molar-refractivity contribution in [3.8, 4) is 0 Å². The summed E-state index contributed by atoms with van der Waals surface area (Å²) in [4.78, 5) is 4.74. The molecule has 100 valence electrons. The van der Waals surface area contributed by atoms with Crippen LogP contribution in [0.1, 0.15) is 32.6 Å². The summed E-state index contributed by atoms with van der Waals surface area (Å²) in [6.07, 6.45) is -2.06. The van der Waals surface area contributed by atoms with Crippen LogP contribution in [0.4, 0.5) is 13.2 Å². The molecule has 0 spiro atoms. The second-order valence-corrected chi connectivity index (χ2v) is 5.19. The summed E-state index contributed by atoms with van der Waals surface area (Å²) in [5, 5.41) is 0. The molecule has 2 nitrogen and oxygen atoms in total. The molecule has 2 aliphatic heterocycles. The van der Waals surface area contributed by atoms with Gasteiger partial charge in [-0.3, -0.25) is 4.90 Å². The number of halogens is 3. The van der Waals surface area contributed by atoms with Gasteiger partial charge in [0.15, 0.2) is 0 Å². The van der Waals surface area contributed by atoms with Crippen LogP contribution in [0, 0.1) is 0 Å². The highest BCUT2D eigenvalue weighted by molar-refractivity contribution is 4.95. The first-order valence-corrected chi connectivity index (χ1v) is 6.54. The standard InChI is InChI=1S/C12H21F3N2/c1-2-16-8-10-4-5-11(9-16)17(10)7-3-6-12(13,14)15/h10-11H,2-9H2,1H3. The molecule has 17 heavy (non-hydrogen) atoms. The number of hydrogen-bond donors (Lipinski definition) is 0.